The zero-order chi connectivity index (χ0) is 15.6. The first-order valence-corrected chi connectivity index (χ1v) is 10.7. The van der Waals surface area contributed by atoms with Crippen molar-refractivity contribution < 1.29 is 18.6 Å². The van der Waals surface area contributed by atoms with E-state index in [-0.39, 0.29) is 0 Å². The van der Waals surface area contributed by atoms with Crippen LogP contribution in [0.1, 0.15) is 0 Å². The van der Waals surface area contributed by atoms with Gasteiger partial charge >= 0.3 is 0 Å². The highest BCUT2D eigenvalue weighted by atomic mass is 28.4. The number of benzene rings is 1. The lowest BCUT2D eigenvalue weighted by atomic mass is 10.3. The third-order valence-corrected chi connectivity index (χ3v) is 3.61. The molecular formula is C15H27NO4Si. The van der Waals surface area contributed by atoms with Crippen LogP contribution in [-0.2, 0) is 13.9 Å². The molecule has 5 nitrogen and oxygen atoms in total. The van der Waals surface area contributed by atoms with E-state index >= 15 is 0 Å². The fourth-order valence-corrected chi connectivity index (χ4v) is 2.25. The summed E-state index contributed by atoms with van der Waals surface area (Å²) in [5.41, 5.74) is 6.41. The second-order valence-corrected chi connectivity index (χ2v) is 10.1. The number of hydrogen-bond donors (Lipinski definition) is 1. The minimum Gasteiger partial charge on any atom is -0.489 e. The molecule has 6 heteroatoms. The Morgan fingerprint density at radius 3 is 2.05 bits per heavy atom. The average molecular weight is 313 g/mol. The van der Waals surface area contributed by atoms with Gasteiger partial charge < -0.3 is 24.4 Å². The minimum atomic E-state index is -1.42. The number of para-hydroxylation sites is 2. The molecule has 21 heavy (non-hydrogen) atoms. The van der Waals surface area contributed by atoms with Crippen molar-refractivity contribution in [3.63, 3.8) is 0 Å². The van der Waals surface area contributed by atoms with Gasteiger partial charge in [0.2, 0.25) is 0 Å². The van der Waals surface area contributed by atoms with Gasteiger partial charge in [0.15, 0.2) is 8.32 Å². The summed E-state index contributed by atoms with van der Waals surface area (Å²) in [5, 5.41) is 0. The van der Waals surface area contributed by atoms with Gasteiger partial charge in [0, 0.05) is 0 Å². The van der Waals surface area contributed by atoms with E-state index < -0.39 is 8.32 Å². The van der Waals surface area contributed by atoms with Gasteiger partial charge in [-0.25, -0.2) is 0 Å². The first kappa shape index (κ1) is 18.0. The van der Waals surface area contributed by atoms with Gasteiger partial charge in [-0.3, -0.25) is 0 Å². The Hall–Kier alpha value is -1.08. The van der Waals surface area contributed by atoms with Crippen LogP contribution in [0.15, 0.2) is 24.3 Å². The Bertz CT molecular complexity index is 396. The Morgan fingerprint density at radius 1 is 0.857 bits per heavy atom. The van der Waals surface area contributed by atoms with Crippen molar-refractivity contribution in [1.82, 2.24) is 0 Å². The maximum atomic E-state index is 5.77. The van der Waals surface area contributed by atoms with Gasteiger partial charge in [-0.2, -0.15) is 0 Å². The summed E-state index contributed by atoms with van der Waals surface area (Å²) < 4.78 is 22.0. The lowest BCUT2D eigenvalue weighted by Gasteiger charge is -2.16. The molecule has 0 unspecified atom stereocenters. The van der Waals surface area contributed by atoms with Crippen LogP contribution in [0.25, 0.3) is 0 Å². The quantitative estimate of drug-likeness (QED) is 0.386. The van der Waals surface area contributed by atoms with E-state index in [4.69, 9.17) is 24.4 Å². The normalized spacial score (nSPS) is 11.6. The predicted molar refractivity (Wildman–Crippen MR) is 87.3 cm³/mol. The number of rotatable bonds is 11. The van der Waals surface area contributed by atoms with E-state index in [0.29, 0.717) is 51.1 Å². The predicted octanol–water partition coefficient (Wildman–Crippen LogP) is 2.53. The molecule has 0 aliphatic carbocycles. The molecule has 0 fully saturated rings. The second-order valence-electron chi connectivity index (χ2n) is 5.57. The van der Waals surface area contributed by atoms with Crippen LogP contribution >= 0.6 is 0 Å². The number of nitrogen functional groups attached to an aromatic ring is 1. The number of anilines is 1. The minimum absolute atomic E-state index is 0.479. The first-order valence-electron chi connectivity index (χ1n) is 7.26. The SMILES string of the molecule is C[Si](C)(C)OCCOCCOCCOc1ccccc1N. The van der Waals surface area contributed by atoms with Gasteiger partial charge in [-0.05, 0) is 31.8 Å². The summed E-state index contributed by atoms with van der Waals surface area (Å²) in [4.78, 5) is 0. The molecule has 0 aromatic heterocycles. The van der Waals surface area contributed by atoms with E-state index in [9.17, 15) is 0 Å². The molecule has 0 aliphatic rings. The molecule has 1 rings (SSSR count). The van der Waals surface area contributed by atoms with E-state index in [2.05, 4.69) is 19.6 Å². The molecule has 120 valence electrons. The Morgan fingerprint density at radius 2 is 1.43 bits per heavy atom. The third-order valence-electron chi connectivity index (χ3n) is 2.54. The molecule has 0 atom stereocenters. The summed E-state index contributed by atoms with van der Waals surface area (Å²) >= 11 is 0. The van der Waals surface area contributed by atoms with E-state index in [1.54, 1.807) is 0 Å². The number of hydrogen-bond acceptors (Lipinski definition) is 5. The highest BCUT2D eigenvalue weighted by Gasteiger charge is 2.12. The van der Waals surface area contributed by atoms with Crippen molar-refractivity contribution in [3.05, 3.63) is 24.3 Å². The molecule has 0 saturated heterocycles. The van der Waals surface area contributed by atoms with Crippen LogP contribution in [0, 0.1) is 0 Å². The lowest BCUT2D eigenvalue weighted by Crippen LogP contribution is -2.27. The fraction of sp³-hybridized carbons (Fsp3) is 0.600. The zero-order valence-corrected chi connectivity index (χ0v) is 14.3. The summed E-state index contributed by atoms with van der Waals surface area (Å²) in [6, 6.07) is 7.42. The number of ether oxygens (including phenoxy) is 3. The van der Waals surface area contributed by atoms with Crippen molar-refractivity contribution in [1.29, 1.82) is 0 Å². The van der Waals surface area contributed by atoms with Crippen LogP contribution in [0.5, 0.6) is 5.75 Å². The van der Waals surface area contributed by atoms with E-state index in [1.165, 1.54) is 0 Å². The monoisotopic (exact) mass is 313 g/mol. The first-order chi connectivity index (χ1) is 9.99. The molecule has 0 amide bonds. The van der Waals surface area contributed by atoms with Gasteiger partial charge in [0.1, 0.15) is 12.4 Å². The maximum Gasteiger partial charge on any atom is 0.183 e. The Kier molecular flexibility index (Phi) is 8.37. The molecule has 0 heterocycles. The van der Waals surface area contributed by atoms with Crippen molar-refractivity contribution in [2.45, 2.75) is 19.6 Å². The van der Waals surface area contributed by atoms with Crippen molar-refractivity contribution >= 4 is 14.0 Å². The second kappa shape index (κ2) is 9.78. The highest BCUT2D eigenvalue weighted by molar-refractivity contribution is 6.69. The summed E-state index contributed by atoms with van der Waals surface area (Å²) in [7, 11) is -1.42. The van der Waals surface area contributed by atoms with Gasteiger partial charge in [-0.15, -0.1) is 0 Å². The standard InChI is InChI=1S/C15H27NO4Si/c1-21(2,3)20-13-11-18-9-8-17-10-12-19-15-7-5-4-6-14(15)16/h4-7H,8-13,16H2,1-3H3. The molecular weight excluding hydrogens is 286 g/mol. The van der Waals surface area contributed by atoms with Crippen molar-refractivity contribution in [3.8, 4) is 5.75 Å². The molecule has 1 aromatic carbocycles. The smallest absolute Gasteiger partial charge is 0.183 e. The Balaban J connectivity index is 1.90. The van der Waals surface area contributed by atoms with Crippen molar-refractivity contribution in [2.24, 2.45) is 0 Å². The molecule has 0 saturated carbocycles. The van der Waals surface area contributed by atoms with Gasteiger partial charge in [0.25, 0.3) is 0 Å². The fourth-order valence-electron chi connectivity index (χ4n) is 1.55. The molecule has 0 spiro atoms. The summed E-state index contributed by atoms with van der Waals surface area (Å²) in [6.07, 6.45) is 0. The maximum absolute atomic E-state index is 5.77. The van der Waals surface area contributed by atoms with E-state index in [0.717, 1.165) is 0 Å². The van der Waals surface area contributed by atoms with Crippen LogP contribution in [0.3, 0.4) is 0 Å². The van der Waals surface area contributed by atoms with Gasteiger partial charge in [-0.1, -0.05) is 12.1 Å². The van der Waals surface area contributed by atoms with Gasteiger partial charge in [0.05, 0.1) is 38.7 Å². The van der Waals surface area contributed by atoms with Crippen LogP contribution in [0.2, 0.25) is 19.6 Å². The molecule has 0 aliphatic heterocycles. The molecule has 0 radical (unpaired) electrons. The van der Waals surface area contributed by atoms with Crippen LogP contribution < -0.4 is 10.5 Å². The van der Waals surface area contributed by atoms with E-state index in [1.807, 2.05) is 24.3 Å². The summed E-state index contributed by atoms with van der Waals surface area (Å²) in [6.45, 7) is 9.89. The van der Waals surface area contributed by atoms with Crippen LogP contribution in [0.4, 0.5) is 5.69 Å². The molecule has 1 aromatic rings. The largest absolute Gasteiger partial charge is 0.489 e. The summed E-state index contributed by atoms with van der Waals surface area (Å²) in [5.74, 6) is 0.695. The van der Waals surface area contributed by atoms with Crippen LogP contribution in [-0.4, -0.2) is 48.0 Å². The lowest BCUT2D eigenvalue weighted by molar-refractivity contribution is 0.0267. The zero-order valence-electron chi connectivity index (χ0n) is 13.3. The third kappa shape index (κ3) is 9.46. The molecule has 2 N–H and O–H groups in total. The van der Waals surface area contributed by atoms with Crippen molar-refractivity contribution in [2.75, 3.05) is 45.4 Å². The highest BCUT2D eigenvalue weighted by Crippen LogP contribution is 2.19. The number of nitrogens with two attached hydrogens (primary N) is 1. The Labute approximate surface area is 128 Å². The topological polar surface area (TPSA) is 62.9 Å². The average Bonchev–Trinajstić information content (AvgIpc) is 2.41. The molecule has 0 bridgehead atoms.